The lowest BCUT2D eigenvalue weighted by molar-refractivity contribution is 0.485. The van der Waals surface area contributed by atoms with Crippen molar-refractivity contribution in [1.82, 2.24) is 14.5 Å². The molecular weight excluding hydrogens is 244 g/mol. The van der Waals surface area contributed by atoms with E-state index in [-0.39, 0.29) is 5.69 Å². The average molecular weight is 256 g/mol. The molecule has 2 heterocycles. The topological polar surface area (TPSA) is 85.9 Å². The maximum atomic E-state index is 11.6. The number of imidazole rings is 1. The Kier molecular flexibility index (Phi) is 2.49. The standard InChI is InChI=1S/C13H12N4O2/c1-17-11-10(5-6-15-12(11)16-13(17)18)19-9-4-2-3-8(14)7-9/h2-7H,14H2,1H3,(H,15,16,18). The second kappa shape index (κ2) is 4.16. The molecule has 3 rings (SSSR count). The van der Waals surface area contributed by atoms with Crippen LogP contribution in [0.25, 0.3) is 11.2 Å². The van der Waals surface area contributed by atoms with Crippen molar-refractivity contribution in [3.63, 3.8) is 0 Å². The summed E-state index contributed by atoms with van der Waals surface area (Å²) < 4.78 is 7.23. The fourth-order valence-electron chi connectivity index (χ4n) is 1.93. The van der Waals surface area contributed by atoms with E-state index in [2.05, 4.69) is 9.97 Å². The average Bonchev–Trinajstić information content (AvgIpc) is 2.66. The molecular formula is C13H12N4O2. The summed E-state index contributed by atoms with van der Waals surface area (Å²) in [6.07, 6.45) is 1.58. The first-order valence-electron chi connectivity index (χ1n) is 5.72. The minimum absolute atomic E-state index is 0.230. The third-order valence-electron chi connectivity index (χ3n) is 2.84. The van der Waals surface area contributed by atoms with Crippen LogP contribution in [0.15, 0.2) is 41.3 Å². The van der Waals surface area contributed by atoms with Gasteiger partial charge in [-0.2, -0.15) is 0 Å². The normalized spacial score (nSPS) is 10.8. The number of nitrogens with zero attached hydrogens (tertiary/aromatic N) is 2. The number of H-pyrrole nitrogens is 1. The van der Waals surface area contributed by atoms with Crippen LogP contribution in [0.3, 0.4) is 0 Å². The molecule has 96 valence electrons. The summed E-state index contributed by atoms with van der Waals surface area (Å²) in [5.41, 5.74) is 7.21. The molecule has 6 heteroatoms. The Morgan fingerprint density at radius 1 is 1.37 bits per heavy atom. The highest BCUT2D eigenvalue weighted by Crippen LogP contribution is 2.27. The van der Waals surface area contributed by atoms with Gasteiger partial charge >= 0.3 is 5.69 Å². The van der Waals surface area contributed by atoms with Crippen molar-refractivity contribution >= 4 is 16.9 Å². The van der Waals surface area contributed by atoms with Gasteiger partial charge in [-0.15, -0.1) is 0 Å². The lowest BCUT2D eigenvalue weighted by atomic mass is 10.3. The Bertz CT molecular complexity index is 804. The van der Waals surface area contributed by atoms with E-state index in [1.54, 1.807) is 43.6 Å². The quantitative estimate of drug-likeness (QED) is 0.682. The number of aromatic nitrogens is 3. The Hall–Kier alpha value is -2.76. The van der Waals surface area contributed by atoms with Crippen LogP contribution in [-0.4, -0.2) is 14.5 Å². The summed E-state index contributed by atoms with van der Waals surface area (Å²) in [5.74, 6) is 1.16. The first-order valence-corrected chi connectivity index (χ1v) is 5.72. The van der Waals surface area contributed by atoms with Gasteiger partial charge in [0.25, 0.3) is 0 Å². The molecule has 19 heavy (non-hydrogen) atoms. The summed E-state index contributed by atoms with van der Waals surface area (Å²) in [6, 6.07) is 8.81. The third kappa shape index (κ3) is 1.93. The number of anilines is 1. The number of benzene rings is 1. The first-order chi connectivity index (χ1) is 9.15. The van der Waals surface area contributed by atoms with Crippen LogP contribution in [0.2, 0.25) is 0 Å². The second-order valence-electron chi connectivity index (χ2n) is 4.17. The van der Waals surface area contributed by atoms with Crippen LogP contribution in [-0.2, 0) is 7.05 Å². The smallest absolute Gasteiger partial charge is 0.327 e. The number of hydrogen-bond acceptors (Lipinski definition) is 4. The molecule has 0 aliphatic heterocycles. The van der Waals surface area contributed by atoms with Gasteiger partial charge in [-0.25, -0.2) is 9.78 Å². The number of hydrogen-bond donors (Lipinski definition) is 2. The van der Waals surface area contributed by atoms with Gasteiger partial charge in [-0.1, -0.05) is 6.07 Å². The molecule has 1 aromatic carbocycles. The Balaban J connectivity index is 2.13. The molecule has 0 unspecified atom stereocenters. The zero-order valence-corrected chi connectivity index (χ0v) is 10.3. The zero-order valence-electron chi connectivity index (χ0n) is 10.3. The molecule has 0 fully saturated rings. The molecule has 0 atom stereocenters. The minimum Gasteiger partial charge on any atom is -0.455 e. The van der Waals surface area contributed by atoms with E-state index in [0.29, 0.717) is 28.4 Å². The van der Waals surface area contributed by atoms with Gasteiger partial charge in [0.2, 0.25) is 0 Å². The molecule has 0 spiro atoms. The van der Waals surface area contributed by atoms with E-state index in [9.17, 15) is 4.79 Å². The molecule has 0 radical (unpaired) electrons. The predicted molar refractivity (Wildman–Crippen MR) is 72.3 cm³/mol. The van der Waals surface area contributed by atoms with Gasteiger partial charge < -0.3 is 10.5 Å². The number of ether oxygens (including phenoxy) is 1. The SMILES string of the molecule is Cn1c(=O)[nH]c2nccc(Oc3cccc(N)c3)c21. The molecule has 3 aromatic rings. The van der Waals surface area contributed by atoms with Crippen molar-refractivity contribution in [2.75, 3.05) is 5.73 Å². The molecule has 0 saturated carbocycles. The van der Waals surface area contributed by atoms with Gasteiger partial charge in [0.1, 0.15) is 11.3 Å². The fraction of sp³-hybridized carbons (Fsp3) is 0.0769. The third-order valence-corrected chi connectivity index (χ3v) is 2.84. The van der Waals surface area contributed by atoms with E-state index in [4.69, 9.17) is 10.5 Å². The van der Waals surface area contributed by atoms with E-state index in [0.717, 1.165) is 0 Å². The van der Waals surface area contributed by atoms with Gasteiger partial charge in [0.05, 0.1) is 0 Å². The largest absolute Gasteiger partial charge is 0.455 e. The molecule has 0 amide bonds. The van der Waals surface area contributed by atoms with Crippen LogP contribution in [0.5, 0.6) is 11.5 Å². The second-order valence-corrected chi connectivity index (χ2v) is 4.17. The van der Waals surface area contributed by atoms with Crippen molar-refractivity contribution in [3.8, 4) is 11.5 Å². The predicted octanol–water partition coefficient (Wildman–Crippen LogP) is 1.64. The number of pyridine rings is 1. The molecule has 6 nitrogen and oxygen atoms in total. The molecule has 0 aliphatic carbocycles. The van der Waals surface area contributed by atoms with Gasteiger partial charge in [0.15, 0.2) is 11.4 Å². The summed E-state index contributed by atoms with van der Waals surface area (Å²) in [4.78, 5) is 18.3. The number of rotatable bonds is 2. The summed E-state index contributed by atoms with van der Waals surface area (Å²) in [7, 11) is 1.66. The highest BCUT2D eigenvalue weighted by molar-refractivity contribution is 5.78. The van der Waals surface area contributed by atoms with Crippen molar-refractivity contribution in [3.05, 3.63) is 47.0 Å². The zero-order chi connectivity index (χ0) is 13.4. The van der Waals surface area contributed by atoms with Gasteiger partial charge in [0, 0.05) is 31.1 Å². The number of aromatic amines is 1. The maximum absolute atomic E-state index is 11.6. The molecule has 0 saturated heterocycles. The molecule has 3 N–H and O–H groups in total. The first kappa shape index (κ1) is 11.3. The van der Waals surface area contributed by atoms with E-state index in [1.807, 2.05) is 0 Å². The van der Waals surface area contributed by atoms with Crippen molar-refractivity contribution in [1.29, 1.82) is 0 Å². The molecule has 0 aliphatic rings. The lowest BCUT2D eigenvalue weighted by Crippen LogP contribution is -2.12. The van der Waals surface area contributed by atoms with Crippen LogP contribution < -0.4 is 16.2 Å². The Morgan fingerprint density at radius 3 is 3.00 bits per heavy atom. The van der Waals surface area contributed by atoms with E-state index < -0.39 is 0 Å². The maximum Gasteiger partial charge on any atom is 0.327 e. The Labute approximate surface area is 108 Å². The monoisotopic (exact) mass is 256 g/mol. The van der Waals surface area contributed by atoms with Gasteiger partial charge in [-0.3, -0.25) is 9.55 Å². The van der Waals surface area contributed by atoms with Crippen LogP contribution in [0.1, 0.15) is 0 Å². The van der Waals surface area contributed by atoms with Crippen LogP contribution in [0.4, 0.5) is 5.69 Å². The Morgan fingerprint density at radius 2 is 2.21 bits per heavy atom. The lowest BCUT2D eigenvalue weighted by Gasteiger charge is -2.07. The van der Waals surface area contributed by atoms with Crippen LogP contribution in [0, 0.1) is 0 Å². The summed E-state index contributed by atoms with van der Waals surface area (Å²) >= 11 is 0. The highest BCUT2D eigenvalue weighted by atomic mass is 16.5. The highest BCUT2D eigenvalue weighted by Gasteiger charge is 2.11. The van der Waals surface area contributed by atoms with Crippen LogP contribution >= 0.6 is 0 Å². The van der Waals surface area contributed by atoms with Crippen molar-refractivity contribution in [2.24, 2.45) is 7.05 Å². The number of aryl methyl sites for hydroxylation is 1. The summed E-state index contributed by atoms with van der Waals surface area (Å²) in [5, 5.41) is 0. The fourth-order valence-corrected chi connectivity index (χ4v) is 1.93. The van der Waals surface area contributed by atoms with Crippen molar-refractivity contribution < 1.29 is 4.74 Å². The number of nitrogens with two attached hydrogens (primary N) is 1. The van der Waals surface area contributed by atoms with Crippen molar-refractivity contribution in [2.45, 2.75) is 0 Å². The minimum atomic E-state index is -0.230. The van der Waals surface area contributed by atoms with E-state index >= 15 is 0 Å². The number of nitrogens with one attached hydrogen (secondary N) is 1. The molecule has 2 aromatic heterocycles. The molecule has 0 bridgehead atoms. The summed E-state index contributed by atoms with van der Waals surface area (Å²) in [6.45, 7) is 0. The number of fused-ring (bicyclic) bond motifs is 1. The number of nitrogen functional groups attached to an aromatic ring is 1. The van der Waals surface area contributed by atoms with Gasteiger partial charge in [-0.05, 0) is 12.1 Å². The van der Waals surface area contributed by atoms with E-state index in [1.165, 1.54) is 4.57 Å².